The van der Waals surface area contributed by atoms with E-state index < -0.39 is 0 Å². The van der Waals surface area contributed by atoms with Gasteiger partial charge in [-0.05, 0) is 35.9 Å². The van der Waals surface area contributed by atoms with Crippen molar-refractivity contribution in [3.05, 3.63) is 77.7 Å². The minimum absolute atomic E-state index is 0.125. The Labute approximate surface area is 188 Å². The van der Waals surface area contributed by atoms with Gasteiger partial charge in [0.2, 0.25) is 0 Å². The number of nitrogens with zero attached hydrogens (tertiary/aromatic N) is 1. The fraction of sp³-hybridized carbons (Fsp3) is 0.320. The quantitative estimate of drug-likeness (QED) is 0.410. The number of hydrogen-bond acceptors (Lipinski definition) is 5. The number of nitrogens with one attached hydrogen (secondary N) is 2. The summed E-state index contributed by atoms with van der Waals surface area (Å²) in [6, 6.07) is 18.0. The maximum absolute atomic E-state index is 5.80. The number of furan rings is 1. The van der Waals surface area contributed by atoms with Crippen LogP contribution in [0, 0.1) is 0 Å². The third-order valence-electron chi connectivity index (χ3n) is 5.38. The molecule has 168 valence electrons. The molecule has 1 aromatic heterocycles. The molecule has 0 fully saturated rings. The van der Waals surface area contributed by atoms with Crippen molar-refractivity contribution in [3.63, 3.8) is 0 Å². The minimum atomic E-state index is 0.125. The lowest BCUT2D eigenvalue weighted by atomic mass is 10.0. The number of benzene rings is 2. The molecule has 2 N–H and O–H groups in total. The molecule has 0 spiro atoms. The summed E-state index contributed by atoms with van der Waals surface area (Å²) in [5.41, 5.74) is 2.17. The summed E-state index contributed by atoms with van der Waals surface area (Å²) in [6.07, 6.45) is 3.33. The molecule has 0 radical (unpaired) electrons. The van der Waals surface area contributed by atoms with Gasteiger partial charge in [0.15, 0.2) is 17.5 Å². The van der Waals surface area contributed by atoms with E-state index in [1.165, 1.54) is 0 Å². The molecule has 7 heteroatoms. The Morgan fingerprint density at radius 1 is 1.06 bits per heavy atom. The third kappa shape index (κ3) is 5.35. The summed E-state index contributed by atoms with van der Waals surface area (Å²) in [5, 5.41) is 7.03. The molecule has 3 aromatic rings. The Morgan fingerprint density at radius 3 is 2.75 bits per heavy atom. The molecule has 7 nitrogen and oxygen atoms in total. The van der Waals surface area contributed by atoms with Crippen LogP contribution in [0.15, 0.2) is 70.3 Å². The molecule has 1 unspecified atom stereocenters. The average molecular weight is 436 g/mol. The van der Waals surface area contributed by atoms with E-state index in [4.69, 9.17) is 23.6 Å². The lowest BCUT2D eigenvalue weighted by Crippen LogP contribution is -2.41. The van der Waals surface area contributed by atoms with Crippen molar-refractivity contribution in [3.8, 4) is 17.2 Å². The van der Waals surface area contributed by atoms with Gasteiger partial charge in [-0.15, -0.1) is 0 Å². The highest BCUT2D eigenvalue weighted by atomic mass is 16.5. The van der Waals surface area contributed by atoms with Crippen molar-refractivity contribution in [2.75, 3.05) is 27.4 Å². The second kappa shape index (κ2) is 10.6. The highest BCUT2D eigenvalue weighted by Gasteiger charge is 2.22. The van der Waals surface area contributed by atoms with Crippen LogP contribution >= 0.6 is 0 Å². The van der Waals surface area contributed by atoms with E-state index in [0.717, 1.165) is 41.4 Å². The maximum Gasteiger partial charge on any atom is 0.192 e. The van der Waals surface area contributed by atoms with Gasteiger partial charge in [-0.1, -0.05) is 24.3 Å². The molecule has 0 bridgehead atoms. The maximum atomic E-state index is 5.80. The zero-order chi connectivity index (χ0) is 22.2. The number of hydrogen-bond donors (Lipinski definition) is 2. The van der Waals surface area contributed by atoms with E-state index >= 15 is 0 Å². The lowest BCUT2D eigenvalue weighted by molar-refractivity contribution is 0.261. The van der Waals surface area contributed by atoms with Gasteiger partial charge in [0.25, 0.3) is 0 Å². The van der Waals surface area contributed by atoms with Crippen LogP contribution in [0.25, 0.3) is 0 Å². The molecule has 0 amide bonds. The monoisotopic (exact) mass is 435 g/mol. The van der Waals surface area contributed by atoms with E-state index in [0.29, 0.717) is 31.2 Å². The Balaban J connectivity index is 1.49. The van der Waals surface area contributed by atoms with Crippen molar-refractivity contribution in [1.29, 1.82) is 0 Å². The summed E-state index contributed by atoms with van der Waals surface area (Å²) < 4.78 is 22.0. The van der Waals surface area contributed by atoms with E-state index in [9.17, 15) is 0 Å². The summed E-state index contributed by atoms with van der Waals surface area (Å²) in [6.45, 7) is 1.88. The van der Waals surface area contributed by atoms with Crippen LogP contribution in [0.2, 0.25) is 0 Å². The molecule has 32 heavy (non-hydrogen) atoms. The fourth-order valence-corrected chi connectivity index (χ4v) is 3.72. The average Bonchev–Trinajstić information content (AvgIpc) is 3.36. The topological polar surface area (TPSA) is 77.2 Å². The second-order valence-electron chi connectivity index (χ2n) is 7.48. The van der Waals surface area contributed by atoms with Crippen LogP contribution in [-0.2, 0) is 13.0 Å². The molecule has 1 aliphatic rings. The largest absolute Gasteiger partial charge is 0.493 e. The minimum Gasteiger partial charge on any atom is -0.493 e. The highest BCUT2D eigenvalue weighted by molar-refractivity contribution is 5.80. The van der Waals surface area contributed by atoms with Gasteiger partial charge >= 0.3 is 0 Å². The van der Waals surface area contributed by atoms with Gasteiger partial charge < -0.3 is 29.3 Å². The van der Waals surface area contributed by atoms with Gasteiger partial charge in [-0.2, -0.15) is 0 Å². The number of fused-ring (bicyclic) bond motifs is 1. The first-order chi connectivity index (χ1) is 15.8. The normalized spacial score (nSPS) is 15.4. The van der Waals surface area contributed by atoms with Crippen molar-refractivity contribution >= 4 is 5.96 Å². The predicted molar refractivity (Wildman–Crippen MR) is 124 cm³/mol. The van der Waals surface area contributed by atoms with Crippen LogP contribution in [0.4, 0.5) is 0 Å². The van der Waals surface area contributed by atoms with Crippen molar-refractivity contribution < 1.29 is 18.6 Å². The highest BCUT2D eigenvalue weighted by Crippen LogP contribution is 2.31. The smallest absolute Gasteiger partial charge is 0.192 e. The number of methoxy groups -OCH3 is 2. The number of para-hydroxylation sites is 1. The number of guanidine groups is 1. The van der Waals surface area contributed by atoms with Crippen LogP contribution in [0.3, 0.4) is 0 Å². The number of rotatable bonds is 8. The molecular formula is C25H29N3O4. The molecule has 4 rings (SSSR count). The standard InChI is InChI=1S/C25H29N3O4/c1-29-23-10-9-18(16-24(23)30-2)17-27-25(26-13-11-19-6-5-14-31-19)28-21-12-15-32-22-8-4-3-7-20(21)22/h3-10,14,16,21H,11-13,15,17H2,1-2H3,(H2,26,27,28). The molecule has 2 aromatic carbocycles. The van der Waals surface area contributed by atoms with Gasteiger partial charge in [0.05, 0.1) is 39.7 Å². The first-order valence-electron chi connectivity index (χ1n) is 10.8. The van der Waals surface area contributed by atoms with E-state index in [1.807, 2.05) is 48.5 Å². The summed E-state index contributed by atoms with van der Waals surface area (Å²) >= 11 is 0. The van der Waals surface area contributed by atoms with E-state index in [-0.39, 0.29) is 6.04 Å². The van der Waals surface area contributed by atoms with Crippen LogP contribution in [0.5, 0.6) is 17.2 Å². The van der Waals surface area contributed by atoms with Crippen molar-refractivity contribution in [2.24, 2.45) is 4.99 Å². The predicted octanol–water partition coefficient (Wildman–Crippen LogP) is 4.10. The molecule has 1 aliphatic heterocycles. The summed E-state index contributed by atoms with van der Waals surface area (Å²) in [5.74, 6) is 4.00. The van der Waals surface area contributed by atoms with Crippen LogP contribution in [-0.4, -0.2) is 33.3 Å². The van der Waals surface area contributed by atoms with Crippen molar-refractivity contribution in [2.45, 2.75) is 25.4 Å². The molecule has 0 saturated heterocycles. The van der Waals surface area contributed by atoms with E-state index in [2.05, 4.69) is 16.7 Å². The third-order valence-corrected chi connectivity index (χ3v) is 5.38. The fourth-order valence-electron chi connectivity index (χ4n) is 3.72. The molecule has 0 saturated carbocycles. The zero-order valence-electron chi connectivity index (χ0n) is 18.5. The summed E-state index contributed by atoms with van der Waals surface area (Å²) in [7, 11) is 3.27. The van der Waals surface area contributed by atoms with Crippen LogP contribution < -0.4 is 24.8 Å². The lowest BCUT2D eigenvalue weighted by Gasteiger charge is -2.28. The Hall–Kier alpha value is -3.61. The molecule has 0 aliphatic carbocycles. The Morgan fingerprint density at radius 2 is 1.94 bits per heavy atom. The first kappa shape index (κ1) is 21.6. The van der Waals surface area contributed by atoms with Gasteiger partial charge in [0.1, 0.15) is 11.5 Å². The molecule has 1 atom stereocenters. The zero-order valence-corrected chi connectivity index (χ0v) is 18.5. The number of aliphatic imine (C=N–C) groups is 1. The first-order valence-corrected chi connectivity index (χ1v) is 10.8. The number of ether oxygens (including phenoxy) is 3. The van der Waals surface area contributed by atoms with Gasteiger partial charge in [0, 0.05) is 24.9 Å². The SMILES string of the molecule is COc1ccc(CN=C(NCCc2ccco2)NC2CCOc3ccccc32)cc1OC. The summed E-state index contributed by atoms with van der Waals surface area (Å²) in [4.78, 5) is 4.84. The molecular weight excluding hydrogens is 406 g/mol. The van der Waals surface area contributed by atoms with E-state index in [1.54, 1.807) is 20.5 Å². The van der Waals surface area contributed by atoms with Gasteiger partial charge in [-0.25, -0.2) is 4.99 Å². The Kier molecular flexibility index (Phi) is 7.17. The second-order valence-corrected chi connectivity index (χ2v) is 7.48. The van der Waals surface area contributed by atoms with Crippen LogP contribution in [0.1, 0.15) is 29.3 Å². The van der Waals surface area contributed by atoms with Gasteiger partial charge in [-0.3, -0.25) is 0 Å². The van der Waals surface area contributed by atoms with Crippen molar-refractivity contribution in [1.82, 2.24) is 10.6 Å². The molecule has 2 heterocycles. The Bertz CT molecular complexity index is 1030.